The van der Waals surface area contributed by atoms with E-state index in [9.17, 15) is 0 Å². The zero-order valence-electron chi connectivity index (χ0n) is 11.6. The molecular weight excluding hydrogens is 309 g/mol. The molecule has 5 heteroatoms. The highest BCUT2D eigenvalue weighted by atomic mass is 35.5. The largest absolute Gasteiger partial charge is 0.460 e. The molecule has 1 N–H and O–H groups in total. The average molecular weight is 326 g/mol. The molecule has 112 valence electrons. The Morgan fingerprint density at radius 2 is 2.10 bits per heavy atom. The number of rotatable bonds is 5. The van der Waals surface area contributed by atoms with Crippen molar-refractivity contribution in [2.45, 2.75) is 25.5 Å². The molecule has 0 unspecified atom stereocenters. The Labute approximate surface area is 134 Å². The van der Waals surface area contributed by atoms with E-state index in [1.54, 1.807) is 12.1 Å². The van der Waals surface area contributed by atoms with Crippen LogP contribution in [-0.4, -0.2) is 19.3 Å². The summed E-state index contributed by atoms with van der Waals surface area (Å²) in [5.74, 6) is 1.64. The van der Waals surface area contributed by atoms with Crippen molar-refractivity contribution in [2.75, 3.05) is 13.2 Å². The lowest BCUT2D eigenvalue weighted by atomic mass is 10.2. The molecule has 3 nitrogen and oxygen atoms in total. The lowest BCUT2D eigenvalue weighted by Crippen LogP contribution is -2.25. The number of hydrogen-bond acceptors (Lipinski definition) is 3. The van der Waals surface area contributed by atoms with Crippen LogP contribution in [0.15, 0.2) is 34.7 Å². The maximum absolute atomic E-state index is 6.19. The maximum atomic E-state index is 6.19. The normalized spacial score (nSPS) is 18.3. The Kier molecular flexibility index (Phi) is 4.86. The van der Waals surface area contributed by atoms with Gasteiger partial charge in [0.25, 0.3) is 0 Å². The zero-order chi connectivity index (χ0) is 14.7. The summed E-state index contributed by atoms with van der Waals surface area (Å²) >= 11 is 12.1. The van der Waals surface area contributed by atoms with Crippen LogP contribution in [0.2, 0.25) is 10.0 Å². The highest BCUT2D eigenvalue weighted by Crippen LogP contribution is 2.31. The summed E-state index contributed by atoms with van der Waals surface area (Å²) in [6.45, 7) is 2.43. The second-order valence-electron chi connectivity index (χ2n) is 5.16. The molecule has 21 heavy (non-hydrogen) atoms. The highest BCUT2D eigenvalue weighted by Gasteiger charge is 2.15. The zero-order valence-corrected chi connectivity index (χ0v) is 13.1. The van der Waals surface area contributed by atoms with Crippen LogP contribution in [0.5, 0.6) is 0 Å². The first-order valence-electron chi connectivity index (χ1n) is 7.09. The fourth-order valence-corrected chi connectivity index (χ4v) is 2.97. The number of halogens is 2. The van der Waals surface area contributed by atoms with Gasteiger partial charge in [0.15, 0.2) is 0 Å². The minimum Gasteiger partial charge on any atom is -0.460 e. The average Bonchev–Trinajstić information content (AvgIpc) is 3.10. The van der Waals surface area contributed by atoms with Crippen LogP contribution in [0.4, 0.5) is 0 Å². The third kappa shape index (κ3) is 3.80. The lowest BCUT2D eigenvalue weighted by Gasteiger charge is -2.09. The van der Waals surface area contributed by atoms with Gasteiger partial charge in [-0.25, -0.2) is 0 Å². The minimum atomic E-state index is 0.338. The van der Waals surface area contributed by atoms with Gasteiger partial charge in [0.05, 0.1) is 17.7 Å². The molecule has 0 aliphatic carbocycles. The smallest absolute Gasteiger partial charge is 0.135 e. The van der Waals surface area contributed by atoms with Crippen LogP contribution in [-0.2, 0) is 11.3 Å². The molecule has 1 fully saturated rings. The molecule has 1 aliphatic rings. The maximum Gasteiger partial charge on any atom is 0.135 e. The first kappa shape index (κ1) is 14.9. The van der Waals surface area contributed by atoms with E-state index in [2.05, 4.69) is 5.32 Å². The minimum absolute atomic E-state index is 0.338. The van der Waals surface area contributed by atoms with Crippen molar-refractivity contribution in [1.29, 1.82) is 0 Å². The number of nitrogens with one attached hydrogen (secondary N) is 1. The standard InChI is InChI=1S/C16H17Cl2NO2/c17-11-3-5-14(15(18)8-11)16-6-4-13(21-16)10-19-9-12-2-1-7-20-12/h3-6,8,12,19H,1-2,7,9-10H2/t12-/m0/s1. The molecule has 1 aromatic heterocycles. The Morgan fingerprint density at radius 3 is 2.86 bits per heavy atom. The van der Waals surface area contributed by atoms with Crippen molar-refractivity contribution in [2.24, 2.45) is 0 Å². The molecule has 0 spiro atoms. The van der Waals surface area contributed by atoms with Crippen molar-refractivity contribution >= 4 is 23.2 Å². The van der Waals surface area contributed by atoms with E-state index in [1.807, 2.05) is 18.2 Å². The van der Waals surface area contributed by atoms with Crippen LogP contribution in [0.25, 0.3) is 11.3 Å². The second-order valence-corrected chi connectivity index (χ2v) is 6.00. The molecule has 0 saturated carbocycles. The Morgan fingerprint density at radius 1 is 1.19 bits per heavy atom. The van der Waals surface area contributed by atoms with Gasteiger partial charge in [-0.15, -0.1) is 0 Å². The van der Waals surface area contributed by atoms with Crippen LogP contribution >= 0.6 is 23.2 Å². The Balaban J connectivity index is 1.60. The molecule has 0 radical (unpaired) electrons. The highest BCUT2D eigenvalue weighted by molar-refractivity contribution is 6.36. The fraction of sp³-hybridized carbons (Fsp3) is 0.375. The molecule has 2 aromatic rings. The molecule has 1 aliphatic heterocycles. The first-order chi connectivity index (χ1) is 10.2. The molecule has 0 bridgehead atoms. The Hall–Kier alpha value is -1.00. The van der Waals surface area contributed by atoms with E-state index in [1.165, 1.54) is 0 Å². The van der Waals surface area contributed by atoms with E-state index >= 15 is 0 Å². The topological polar surface area (TPSA) is 34.4 Å². The van der Waals surface area contributed by atoms with E-state index in [0.717, 1.165) is 43.1 Å². The summed E-state index contributed by atoms with van der Waals surface area (Å²) in [6.07, 6.45) is 2.63. The van der Waals surface area contributed by atoms with E-state index < -0.39 is 0 Å². The van der Waals surface area contributed by atoms with Crippen LogP contribution in [0.1, 0.15) is 18.6 Å². The summed E-state index contributed by atoms with van der Waals surface area (Å²) in [4.78, 5) is 0. The number of hydrogen-bond donors (Lipinski definition) is 1. The monoisotopic (exact) mass is 325 g/mol. The van der Waals surface area contributed by atoms with Crippen LogP contribution in [0, 0.1) is 0 Å². The predicted octanol–water partition coefficient (Wildman–Crippen LogP) is 4.52. The fourth-order valence-electron chi connectivity index (χ4n) is 2.47. The Bertz CT molecular complexity index is 606. The van der Waals surface area contributed by atoms with E-state index in [-0.39, 0.29) is 0 Å². The van der Waals surface area contributed by atoms with Crippen molar-refractivity contribution in [1.82, 2.24) is 5.32 Å². The van der Waals surface area contributed by atoms with Gasteiger partial charge in [-0.05, 0) is 43.2 Å². The van der Waals surface area contributed by atoms with Gasteiger partial charge in [-0.2, -0.15) is 0 Å². The summed E-state index contributed by atoms with van der Waals surface area (Å²) < 4.78 is 11.4. The SMILES string of the molecule is Clc1ccc(-c2ccc(CNC[C@@H]3CCCO3)o2)c(Cl)c1. The summed E-state index contributed by atoms with van der Waals surface area (Å²) in [6, 6.07) is 9.28. The molecule has 1 aromatic carbocycles. The number of furan rings is 1. The number of ether oxygens (including phenoxy) is 1. The molecule has 1 atom stereocenters. The van der Waals surface area contributed by atoms with E-state index in [0.29, 0.717) is 22.7 Å². The van der Waals surface area contributed by atoms with Gasteiger partial charge in [0.2, 0.25) is 0 Å². The number of benzene rings is 1. The quantitative estimate of drug-likeness (QED) is 0.877. The predicted molar refractivity (Wildman–Crippen MR) is 84.8 cm³/mol. The summed E-state index contributed by atoms with van der Waals surface area (Å²) in [5.41, 5.74) is 0.853. The summed E-state index contributed by atoms with van der Waals surface area (Å²) in [5, 5.41) is 4.57. The van der Waals surface area contributed by atoms with Crippen molar-refractivity contribution in [3.63, 3.8) is 0 Å². The lowest BCUT2D eigenvalue weighted by molar-refractivity contribution is 0.109. The molecule has 0 amide bonds. The van der Waals surface area contributed by atoms with E-state index in [4.69, 9.17) is 32.4 Å². The van der Waals surface area contributed by atoms with Gasteiger partial charge >= 0.3 is 0 Å². The third-order valence-electron chi connectivity index (χ3n) is 3.55. The second kappa shape index (κ2) is 6.84. The van der Waals surface area contributed by atoms with Gasteiger partial charge in [0, 0.05) is 23.7 Å². The van der Waals surface area contributed by atoms with Crippen molar-refractivity contribution in [3.05, 3.63) is 46.1 Å². The van der Waals surface area contributed by atoms with Gasteiger partial charge in [0.1, 0.15) is 11.5 Å². The van der Waals surface area contributed by atoms with Gasteiger partial charge < -0.3 is 14.5 Å². The molecule has 1 saturated heterocycles. The third-order valence-corrected chi connectivity index (χ3v) is 4.10. The van der Waals surface area contributed by atoms with Crippen molar-refractivity contribution in [3.8, 4) is 11.3 Å². The van der Waals surface area contributed by atoms with Crippen LogP contribution < -0.4 is 5.32 Å². The van der Waals surface area contributed by atoms with Crippen LogP contribution in [0.3, 0.4) is 0 Å². The molecule has 2 heterocycles. The van der Waals surface area contributed by atoms with Crippen molar-refractivity contribution < 1.29 is 9.15 Å². The summed E-state index contributed by atoms with van der Waals surface area (Å²) in [7, 11) is 0. The first-order valence-corrected chi connectivity index (χ1v) is 7.84. The van der Waals surface area contributed by atoms with Gasteiger partial charge in [-0.1, -0.05) is 23.2 Å². The van der Waals surface area contributed by atoms with Gasteiger partial charge in [-0.3, -0.25) is 0 Å². The molecular formula is C16H17Cl2NO2. The molecule has 3 rings (SSSR count).